The van der Waals surface area contributed by atoms with Crippen LogP contribution in [-0.2, 0) is 95.4 Å². The number of carboxylic acid groups (broad SMARTS) is 2. The highest BCUT2D eigenvalue weighted by atomic mass is 32.2. The van der Waals surface area contributed by atoms with E-state index in [-0.39, 0.29) is 50.3 Å². The summed E-state index contributed by atoms with van der Waals surface area (Å²) < 4.78 is 16.6. The molecule has 1 fully saturated rings. The highest BCUT2D eigenvalue weighted by molar-refractivity contribution is 7.98. The van der Waals surface area contributed by atoms with E-state index in [0.29, 0.717) is 0 Å². The van der Waals surface area contributed by atoms with E-state index in [0.717, 1.165) is 30.5 Å². The standard InChI is InChI=1S/C60H101N16O27PS/c1-11-28(6)46(74-55(94)38(24-78)66-42(82)22-63-57(96)47(30(8)79)75-54(93)37(23-77)65-31(9)80)59(98)71-35(20-43(83)84)52(91)67-33(16-18-105-10)50(89)73-45(27(4)5)58(97)70-36(21-44(85)86)53(92)72-39(25-103-104(100,101)102)60(99)76-17-12-13-40(76)56(95)68-32(14-15-41(61)81)49(88)69-34(19-26(2)3)51(90)64-29(7)48(62)87/h26-30,32-40,45-47,77-79H,11-25H2,1-10H3,(H2,61,81)(H2,62,87)(H,63,96)(H,64,90)(H,65,80)(H,66,82)(H,67,91)(H,68,95)(H,69,88)(H,70,97)(H,71,98)(H,72,92)(H,73,89)(H,74,94)(H,75,93)(H,83,84)(H,85,86)(H2,100,101,102)/t28-,29-,30+,32-,33-,34-,35-,36-,37-,38-,39?,40-,45-,46-,47-/m0/s1. The first kappa shape index (κ1) is 93.8. The normalized spacial score (nSPS) is 16.8. The maximum absolute atomic E-state index is 14.4. The molecule has 594 valence electrons. The minimum Gasteiger partial charge on any atom is -0.481 e. The topological polar surface area (TPSA) is 687 Å². The second-order valence-corrected chi connectivity index (χ2v) is 27.6. The fraction of sp³-hybridized carbons (Fsp3) is 0.700. The summed E-state index contributed by atoms with van der Waals surface area (Å²) in [5, 5.41) is 78.9. The lowest BCUT2D eigenvalue weighted by atomic mass is 9.97. The lowest BCUT2D eigenvalue weighted by molar-refractivity contribution is -0.144. The van der Waals surface area contributed by atoms with Crippen LogP contribution in [-0.4, -0.2) is 276 Å². The molecule has 1 saturated heterocycles. The van der Waals surface area contributed by atoms with Gasteiger partial charge in [-0.15, -0.1) is 0 Å². The summed E-state index contributed by atoms with van der Waals surface area (Å²) >= 11 is 1.15. The molecule has 0 aliphatic carbocycles. The molecule has 16 amide bonds. The van der Waals surface area contributed by atoms with Crippen molar-refractivity contribution in [1.29, 1.82) is 0 Å². The number of phosphoric ester groups is 1. The van der Waals surface area contributed by atoms with Gasteiger partial charge in [0.25, 0.3) is 0 Å². The van der Waals surface area contributed by atoms with Gasteiger partial charge in [0.1, 0.15) is 78.5 Å². The van der Waals surface area contributed by atoms with Gasteiger partial charge in [-0.1, -0.05) is 48.0 Å². The SMILES string of the molecule is CC[C@H](C)[C@H](NC(=O)[C@H](CO)NC(=O)CNC(=O)[C@@H](NC(=O)[C@H](CO)NC(C)=O)[C@@H](C)O)C(=O)N[C@@H](CC(=O)O)C(=O)N[C@@H](CCSC)C(=O)N[C@H](C(=O)N[C@@H](CC(=O)O)C(=O)NC(COP(=O)(O)O)C(=O)N1CCC[C@H]1C(=O)N[C@@H](CCC(N)=O)C(=O)N[C@@H](CC(C)C)C(=O)N[C@@H](C)C(N)=O)C(C)C. The molecule has 0 aromatic heterocycles. The molecule has 45 heteroatoms. The third-order valence-electron chi connectivity index (χ3n) is 15.8. The first-order valence-corrected chi connectivity index (χ1v) is 36.0. The van der Waals surface area contributed by atoms with Crippen LogP contribution in [0.1, 0.15) is 120 Å². The molecule has 0 radical (unpaired) electrons. The van der Waals surface area contributed by atoms with Crippen LogP contribution in [0.2, 0.25) is 0 Å². The zero-order valence-electron chi connectivity index (χ0n) is 59.7. The highest BCUT2D eigenvalue weighted by Crippen LogP contribution is 2.36. The number of primary amides is 2. The van der Waals surface area contributed by atoms with Gasteiger partial charge in [0.05, 0.1) is 45.3 Å². The minimum absolute atomic E-state index is 0.00378. The average Bonchev–Trinajstić information content (AvgIpc) is 1.75. The van der Waals surface area contributed by atoms with Crippen molar-refractivity contribution >= 4 is 126 Å². The Morgan fingerprint density at radius 1 is 0.562 bits per heavy atom. The van der Waals surface area contributed by atoms with E-state index in [2.05, 4.69) is 73.6 Å². The smallest absolute Gasteiger partial charge is 0.469 e. The summed E-state index contributed by atoms with van der Waals surface area (Å²) in [6.45, 7) is 8.00. The number of aliphatic hydroxyl groups is 3. The number of rotatable bonds is 48. The highest BCUT2D eigenvalue weighted by Gasteiger charge is 2.43. The summed E-state index contributed by atoms with van der Waals surface area (Å²) in [4.78, 5) is 258. The number of aliphatic hydroxyl groups excluding tert-OH is 3. The molecular formula is C60H101N16O27PS. The lowest BCUT2D eigenvalue weighted by Crippen LogP contribution is -2.62. The van der Waals surface area contributed by atoms with E-state index >= 15 is 0 Å². The molecule has 1 rings (SSSR count). The van der Waals surface area contributed by atoms with Gasteiger partial charge in [0.15, 0.2) is 0 Å². The number of thioether (sulfide) groups is 1. The van der Waals surface area contributed by atoms with Gasteiger partial charge in [-0.2, -0.15) is 11.8 Å². The molecule has 0 spiro atoms. The molecular weight excluding hydrogens is 1440 g/mol. The molecule has 1 unspecified atom stereocenters. The number of hydrogen-bond acceptors (Lipinski definition) is 24. The van der Waals surface area contributed by atoms with E-state index in [1.54, 1.807) is 27.0 Å². The Kier molecular flexibility index (Phi) is 41.0. The number of nitrogens with two attached hydrogens (primary N) is 2. The molecule has 1 heterocycles. The number of carbonyl (C=O) groups excluding carboxylic acids is 16. The van der Waals surface area contributed by atoms with Gasteiger partial charge >= 0.3 is 19.8 Å². The van der Waals surface area contributed by atoms with Crippen molar-refractivity contribution in [2.24, 2.45) is 29.2 Å². The number of nitrogens with one attached hydrogen (secondary N) is 13. The van der Waals surface area contributed by atoms with Crippen LogP contribution in [0.15, 0.2) is 0 Å². The number of hydrogen-bond donors (Lipinski definition) is 22. The number of likely N-dealkylation sites (tertiary alicyclic amines) is 1. The van der Waals surface area contributed by atoms with Crippen molar-refractivity contribution in [1.82, 2.24) is 74.0 Å². The van der Waals surface area contributed by atoms with Gasteiger partial charge in [0.2, 0.25) is 94.5 Å². The van der Waals surface area contributed by atoms with Crippen LogP contribution in [0, 0.1) is 17.8 Å². The van der Waals surface area contributed by atoms with Crippen molar-refractivity contribution in [2.75, 3.05) is 44.9 Å². The average molecular weight is 1540 g/mol. The van der Waals surface area contributed by atoms with E-state index in [9.17, 15) is 126 Å². The second-order valence-electron chi connectivity index (χ2n) is 25.4. The van der Waals surface area contributed by atoms with Crippen LogP contribution >= 0.6 is 19.6 Å². The third-order valence-corrected chi connectivity index (χ3v) is 16.9. The number of aliphatic carboxylic acids is 2. The van der Waals surface area contributed by atoms with Crippen LogP contribution in [0.3, 0.4) is 0 Å². The van der Waals surface area contributed by atoms with Gasteiger partial charge < -0.3 is 121 Å². The minimum atomic E-state index is -5.51. The number of amides is 16. The van der Waals surface area contributed by atoms with E-state index < -0.39 is 263 Å². The Balaban J connectivity index is 3.53. The zero-order valence-corrected chi connectivity index (χ0v) is 61.4. The molecule has 1 aliphatic rings. The van der Waals surface area contributed by atoms with E-state index in [4.69, 9.17) is 11.5 Å². The molecule has 15 atom stereocenters. The number of carboxylic acids is 2. The van der Waals surface area contributed by atoms with Crippen LogP contribution in [0.4, 0.5) is 0 Å². The predicted molar refractivity (Wildman–Crippen MR) is 365 cm³/mol. The lowest BCUT2D eigenvalue weighted by Gasteiger charge is -2.31. The summed E-state index contributed by atoms with van der Waals surface area (Å²) in [5.41, 5.74) is 10.6. The Bertz CT molecular complexity index is 3160. The number of nitrogens with zero attached hydrogens (tertiary/aromatic N) is 1. The maximum Gasteiger partial charge on any atom is 0.469 e. The molecule has 0 aromatic rings. The van der Waals surface area contributed by atoms with Crippen LogP contribution < -0.4 is 80.6 Å². The monoisotopic (exact) mass is 1540 g/mol. The van der Waals surface area contributed by atoms with Crippen molar-refractivity contribution in [3.63, 3.8) is 0 Å². The maximum atomic E-state index is 14.4. The Morgan fingerprint density at radius 3 is 1.49 bits per heavy atom. The van der Waals surface area contributed by atoms with E-state index in [1.165, 1.54) is 27.7 Å². The van der Waals surface area contributed by atoms with Crippen molar-refractivity contribution in [2.45, 2.75) is 205 Å². The van der Waals surface area contributed by atoms with Gasteiger partial charge in [0, 0.05) is 19.9 Å². The van der Waals surface area contributed by atoms with Crippen LogP contribution in [0.25, 0.3) is 0 Å². The number of phosphoric acid groups is 1. The quantitative estimate of drug-likeness (QED) is 0.0252. The first-order valence-electron chi connectivity index (χ1n) is 33.1. The summed E-state index contributed by atoms with van der Waals surface area (Å²) in [5.74, 6) is -23.1. The number of carbonyl (C=O) groups is 18. The fourth-order valence-electron chi connectivity index (χ4n) is 9.93. The fourth-order valence-corrected chi connectivity index (χ4v) is 10.7. The Hall–Kier alpha value is -9.20. The summed E-state index contributed by atoms with van der Waals surface area (Å²) in [7, 11) is -5.51. The second kappa shape index (κ2) is 45.9. The van der Waals surface area contributed by atoms with Gasteiger partial charge in [-0.05, 0) is 75.7 Å². The first-order chi connectivity index (χ1) is 48.8. The zero-order chi connectivity index (χ0) is 80.5. The van der Waals surface area contributed by atoms with Crippen molar-refractivity contribution in [3.8, 4) is 0 Å². The molecule has 0 saturated carbocycles. The largest absolute Gasteiger partial charge is 0.481 e. The molecule has 0 aromatic carbocycles. The van der Waals surface area contributed by atoms with Gasteiger partial charge in [-0.3, -0.25) is 90.8 Å². The molecule has 0 bridgehead atoms. The summed E-state index contributed by atoms with van der Waals surface area (Å²) in [6.07, 6.45) is -3.63. The summed E-state index contributed by atoms with van der Waals surface area (Å²) in [6, 6.07) is -22.3. The molecule has 1 aliphatic heterocycles. The third kappa shape index (κ3) is 34.1. The Morgan fingerprint density at radius 2 is 1.02 bits per heavy atom. The Labute approximate surface area is 607 Å². The van der Waals surface area contributed by atoms with E-state index in [1.807, 2.05) is 0 Å². The van der Waals surface area contributed by atoms with Crippen molar-refractivity contribution < 1.29 is 131 Å². The molecule has 24 N–H and O–H groups in total. The molecule has 43 nitrogen and oxygen atoms in total. The van der Waals surface area contributed by atoms with Crippen molar-refractivity contribution in [3.05, 3.63) is 0 Å². The molecule has 105 heavy (non-hydrogen) atoms. The predicted octanol–water partition coefficient (Wildman–Crippen LogP) is -9.37. The van der Waals surface area contributed by atoms with Gasteiger partial charge in [-0.25, -0.2) is 4.57 Å². The van der Waals surface area contributed by atoms with Crippen LogP contribution in [0.5, 0.6) is 0 Å².